The first-order valence-electron chi connectivity index (χ1n) is 6.16. The number of hydrogen-bond acceptors (Lipinski definition) is 2. The van der Waals surface area contributed by atoms with Crippen LogP contribution in [-0.4, -0.2) is 31.5 Å². The highest BCUT2D eigenvalue weighted by atomic mass is 19.3. The maximum atomic E-state index is 13.6. The van der Waals surface area contributed by atoms with E-state index in [4.69, 9.17) is 0 Å². The molecule has 0 bridgehead atoms. The molecule has 1 aliphatic rings. The molecule has 1 fully saturated rings. The normalized spacial score (nSPS) is 19.6. The van der Waals surface area contributed by atoms with Crippen LogP contribution in [0.15, 0.2) is 24.3 Å². The lowest BCUT2D eigenvalue weighted by Gasteiger charge is -2.34. The van der Waals surface area contributed by atoms with E-state index in [1.54, 1.807) is 23.1 Å². The number of anilines is 1. The number of carbonyl (C=O) groups is 1. The molecular formula is C13H15F3N2O. The van der Waals surface area contributed by atoms with Gasteiger partial charge in [0.25, 0.3) is 5.91 Å². The fourth-order valence-corrected chi connectivity index (χ4v) is 2.29. The molecule has 6 heteroatoms. The van der Waals surface area contributed by atoms with Gasteiger partial charge in [0.2, 0.25) is 0 Å². The topological polar surface area (TPSA) is 32.3 Å². The predicted octanol–water partition coefficient (Wildman–Crippen LogP) is 2.18. The maximum Gasteiger partial charge on any atom is 0.315 e. The molecule has 1 atom stereocenters. The van der Waals surface area contributed by atoms with Gasteiger partial charge in [-0.2, -0.15) is 8.78 Å². The van der Waals surface area contributed by atoms with E-state index in [2.05, 4.69) is 5.32 Å². The average Bonchev–Trinajstić information content (AvgIpc) is 2.39. The molecule has 0 aliphatic carbocycles. The second kappa shape index (κ2) is 5.95. The van der Waals surface area contributed by atoms with Crippen molar-refractivity contribution in [1.29, 1.82) is 0 Å². The second-order valence-corrected chi connectivity index (χ2v) is 4.55. The second-order valence-electron chi connectivity index (χ2n) is 4.55. The third-order valence-electron chi connectivity index (χ3n) is 3.16. The zero-order chi connectivity index (χ0) is 13.8. The number of rotatable bonds is 3. The number of nitrogens with one attached hydrogen (secondary N) is 1. The lowest BCUT2D eigenvalue weighted by molar-refractivity contribution is -0.132. The summed E-state index contributed by atoms with van der Waals surface area (Å²) in [6, 6.07) is 5.96. The summed E-state index contributed by atoms with van der Waals surface area (Å²) in [6.07, 6.45) is -1.66. The summed E-state index contributed by atoms with van der Waals surface area (Å²) in [7, 11) is 0. The summed E-state index contributed by atoms with van der Waals surface area (Å²) in [4.78, 5) is 12.7. The third-order valence-corrected chi connectivity index (χ3v) is 3.16. The first kappa shape index (κ1) is 13.7. The lowest BCUT2D eigenvalue weighted by Crippen LogP contribution is -2.49. The van der Waals surface area contributed by atoms with E-state index in [0.29, 0.717) is 25.2 Å². The minimum absolute atomic E-state index is 0.344. The highest BCUT2D eigenvalue weighted by Gasteiger charge is 2.25. The van der Waals surface area contributed by atoms with Gasteiger partial charge in [0.15, 0.2) is 0 Å². The zero-order valence-corrected chi connectivity index (χ0v) is 10.3. The minimum atomic E-state index is -3.01. The molecule has 1 aromatic carbocycles. The van der Waals surface area contributed by atoms with Gasteiger partial charge in [-0.05, 0) is 25.0 Å². The number of hydrogen-bond donors (Lipinski definition) is 1. The molecule has 1 aromatic rings. The number of nitrogens with zero attached hydrogens (tertiary/aromatic N) is 1. The first-order chi connectivity index (χ1) is 9.08. The van der Waals surface area contributed by atoms with Crippen LogP contribution in [0.1, 0.15) is 12.8 Å². The van der Waals surface area contributed by atoms with Crippen molar-refractivity contribution in [3.05, 3.63) is 30.1 Å². The monoisotopic (exact) mass is 272 g/mol. The Hall–Kier alpha value is -1.72. The van der Waals surface area contributed by atoms with Crippen molar-refractivity contribution < 1.29 is 18.0 Å². The van der Waals surface area contributed by atoms with Gasteiger partial charge < -0.3 is 10.2 Å². The standard InChI is InChI=1S/C13H15F3N2O/c14-10-5-1-2-6-11(10)18-7-3-4-9(8-18)17-13(19)12(15)16/h1-2,5-6,9,12H,3-4,7-8H2,(H,17,19)/t9-/m0/s1. The van der Waals surface area contributed by atoms with Crippen molar-refractivity contribution in [1.82, 2.24) is 5.32 Å². The molecular weight excluding hydrogens is 257 g/mol. The molecule has 1 heterocycles. The summed E-state index contributed by atoms with van der Waals surface area (Å²) in [5.41, 5.74) is 0.443. The van der Waals surface area contributed by atoms with Crippen LogP contribution in [0.4, 0.5) is 18.9 Å². The maximum absolute atomic E-state index is 13.6. The fourth-order valence-electron chi connectivity index (χ4n) is 2.29. The van der Waals surface area contributed by atoms with Crippen LogP contribution < -0.4 is 10.2 Å². The molecule has 2 rings (SSSR count). The van der Waals surface area contributed by atoms with Crippen molar-refractivity contribution in [2.45, 2.75) is 25.3 Å². The van der Waals surface area contributed by atoms with Crippen LogP contribution in [-0.2, 0) is 4.79 Å². The summed E-state index contributed by atoms with van der Waals surface area (Å²) in [5, 5.41) is 2.28. The third kappa shape index (κ3) is 3.39. The molecule has 104 valence electrons. The number of alkyl halides is 2. The Bertz CT molecular complexity index is 453. The molecule has 0 radical (unpaired) electrons. The number of carbonyl (C=O) groups excluding carboxylic acids is 1. The molecule has 1 saturated heterocycles. The van der Waals surface area contributed by atoms with Gasteiger partial charge in [-0.25, -0.2) is 4.39 Å². The summed E-state index contributed by atoms with van der Waals surface area (Å²) in [5.74, 6) is -1.61. The Morgan fingerprint density at radius 2 is 2.11 bits per heavy atom. The zero-order valence-electron chi connectivity index (χ0n) is 10.3. The number of para-hydroxylation sites is 1. The van der Waals surface area contributed by atoms with Crippen LogP contribution >= 0.6 is 0 Å². The largest absolute Gasteiger partial charge is 0.367 e. The molecule has 1 aliphatic heterocycles. The van der Waals surface area contributed by atoms with Gasteiger partial charge in [0.05, 0.1) is 5.69 Å². The number of benzene rings is 1. The van der Waals surface area contributed by atoms with Gasteiger partial charge in [0.1, 0.15) is 5.82 Å². The highest BCUT2D eigenvalue weighted by Crippen LogP contribution is 2.22. The van der Waals surface area contributed by atoms with Crippen molar-refractivity contribution in [3.63, 3.8) is 0 Å². The Morgan fingerprint density at radius 1 is 1.37 bits per heavy atom. The smallest absolute Gasteiger partial charge is 0.315 e. The minimum Gasteiger partial charge on any atom is -0.367 e. The van der Waals surface area contributed by atoms with Crippen molar-refractivity contribution in [2.24, 2.45) is 0 Å². The van der Waals surface area contributed by atoms with Crippen molar-refractivity contribution in [3.8, 4) is 0 Å². The fraction of sp³-hybridized carbons (Fsp3) is 0.462. The van der Waals surface area contributed by atoms with Gasteiger partial charge in [-0.1, -0.05) is 12.1 Å². The number of piperidine rings is 1. The predicted molar refractivity (Wildman–Crippen MR) is 65.8 cm³/mol. The van der Waals surface area contributed by atoms with E-state index in [-0.39, 0.29) is 11.9 Å². The SMILES string of the molecule is O=C(N[C@H]1CCCN(c2ccccc2F)C1)C(F)F. The average molecular weight is 272 g/mol. The Balaban J connectivity index is 2.01. The number of halogens is 3. The van der Waals surface area contributed by atoms with E-state index < -0.39 is 12.3 Å². The van der Waals surface area contributed by atoms with Crippen molar-refractivity contribution >= 4 is 11.6 Å². The van der Waals surface area contributed by atoms with Crippen LogP contribution in [0.5, 0.6) is 0 Å². The summed E-state index contributed by atoms with van der Waals surface area (Å²) in [6.45, 7) is 1.00. The van der Waals surface area contributed by atoms with Gasteiger partial charge in [-0.3, -0.25) is 4.79 Å². The molecule has 0 saturated carbocycles. The van der Waals surface area contributed by atoms with E-state index in [0.717, 1.165) is 6.42 Å². The number of amides is 1. The molecule has 1 amide bonds. The van der Waals surface area contributed by atoms with E-state index in [1.807, 2.05) is 0 Å². The quantitative estimate of drug-likeness (QED) is 0.914. The van der Waals surface area contributed by atoms with E-state index in [9.17, 15) is 18.0 Å². The van der Waals surface area contributed by atoms with E-state index >= 15 is 0 Å². The molecule has 0 aromatic heterocycles. The van der Waals surface area contributed by atoms with Gasteiger partial charge in [-0.15, -0.1) is 0 Å². The molecule has 19 heavy (non-hydrogen) atoms. The van der Waals surface area contributed by atoms with Crippen LogP contribution in [0.25, 0.3) is 0 Å². The van der Waals surface area contributed by atoms with E-state index in [1.165, 1.54) is 6.07 Å². The molecule has 1 N–H and O–H groups in total. The summed E-state index contributed by atoms with van der Waals surface area (Å²) >= 11 is 0. The van der Waals surface area contributed by atoms with Crippen LogP contribution in [0.2, 0.25) is 0 Å². The van der Waals surface area contributed by atoms with Gasteiger partial charge in [0, 0.05) is 19.1 Å². The molecule has 0 spiro atoms. The lowest BCUT2D eigenvalue weighted by atomic mass is 10.0. The Kier molecular flexibility index (Phi) is 4.29. The molecule has 0 unspecified atom stereocenters. The molecule has 3 nitrogen and oxygen atoms in total. The first-order valence-corrected chi connectivity index (χ1v) is 6.16. The van der Waals surface area contributed by atoms with Crippen LogP contribution in [0, 0.1) is 5.82 Å². The van der Waals surface area contributed by atoms with Crippen LogP contribution in [0.3, 0.4) is 0 Å². The summed E-state index contributed by atoms with van der Waals surface area (Å²) < 4.78 is 38.0. The van der Waals surface area contributed by atoms with Gasteiger partial charge >= 0.3 is 6.43 Å². The Labute approximate surface area is 109 Å². The van der Waals surface area contributed by atoms with Crippen molar-refractivity contribution in [2.75, 3.05) is 18.0 Å². The highest BCUT2D eigenvalue weighted by molar-refractivity contribution is 5.79. The Morgan fingerprint density at radius 3 is 2.79 bits per heavy atom.